The van der Waals surface area contributed by atoms with Crippen LogP contribution in [0.25, 0.3) is 0 Å². The Kier molecular flexibility index (Phi) is 5.78. The highest BCUT2D eigenvalue weighted by Crippen LogP contribution is 2.35. The lowest BCUT2D eigenvalue weighted by Gasteiger charge is -2.49. The molecule has 5 nitrogen and oxygen atoms in total. The van der Waals surface area contributed by atoms with Gasteiger partial charge in [-0.2, -0.15) is 5.26 Å². The number of benzene rings is 1. The summed E-state index contributed by atoms with van der Waals surface area (Å²) in [6.07, 6.45) is 4.25. The molecule has 2 atom stereocenters. The maximum Gasteiger partial charge on any atom is 0.217 e. The van der Waals surface area contributed by atoms with Gasteiger partial charge < -0.3 is 10.1 Å². The second kappa shape index (κ2) is 7.86. The molecule has 1 aliphatic carbocycles. The third-order valence-electron chi connectivity index (χ3n) is 5.22. The summed E-state index contributed by atoms with van der Waals surface area (Å²) in [6, 6.07) is 7.99. The molecule has 1 aromatic carbocycles. The number of nitriles is 1. The minimum Gasteiger partial charge on any atom is -0.370 e. The van der Waals surface area contributed by atoms with Crippen LogP contribution in [0.4, 0.5) is 0 Å². The molecule has 2 fully saturated rings. The van der Waals surface area contributed by atoms with Crippen LogP contribution in [0.2, 0.25) is 0 Å². The molecule has 2 aliphatic rings. The quantitative estimate of drug-likeness (QED) is 0.839. The fourth-order valence-electron chi connectivity index (χ4n) is 4.02. The van der Waals surface area contributed by atoms with Gasteiger partial charge in [0.05, 0.1) is 24.3 Å². The molecule has 0 unspecified atom stereocenters. The molecule has 134 valence electrons. The maximum atomic E-state index is 11.6. The smallest absolute Gasteiger partial charge is 0.217 e. The number of hydrogen-bond donors (Lipinski definition) is 1. The summed E-state index contributed by atoms with van der Waals surface area (Å²) in [5, 5.41) is 12.1. The normalized spacial score (nSPS) is 27.0. The number of carbonyl (C=O) groups is 1. The van der Waals surface area contributed by atoms with E-state index in [0.29, 0.717) is 12.2 Å². The Balaban J connectivity index is 1.74. The van der Waals surface area contributed by atoms with Crippen LogP contribution in [-0.2, 0) is 16.1 Å². The number of nitrogens with zero attached hydrogens (tertiary/aromatic N) is 2. The van der Waals surface area contributed by atoms with E-state index < -0.39 is 0 Å². The summed E-state index contributed by atoms with van der Waals surface area (Å²) < 4.78 is 7.21. The zero-order valence-electron chi connectivity index (χ0n) is 14.6. The summed E-state index contributed by atoms with van der Waals surface area (Å²) in [5.41, 5.74) is 1.55. The van der Waals surface area contributed by atoms with Crippen LogP contribution in [0.5, 0.6) is 0 Å². The molecule has 1 saturated carbocycles. The fraction of sp³-hybridized carbons (Fsp3) is 0.579. The molecule has 25 heavy (non-hydrogen) atoms. The molecule has 1 aromatic rings. The molecule has 0 bridgehead atoms. The van der Waals surface area contributed by atoms with E-state index in [1.165, 1.54) is 5.56 Å². The first kappa shape index (κ1) is 18.4. The number of carbonyl (C=O) groups excluding carboxylic acids is 1. The largest absolute Gasteiger partial charge is 0.370 e. The Morgan fingerprint density at radius 3 is 3.08 bits per heavy atom. The van der Waals surface area contributed by atoms with E-state index in [1.54, 1.807) is 6.92 Å². The first-order chi connectivity index (χ1) is 12.0. The lowest BCUT2D eigenvalue weighted by molar-refractivity contribution is -0.150. The van der Waals surface area contributed by atoms with E-state index in [1.807, 2.05) is 18.2 Å². The molecule has 0 aromatic heterocycles. The van der Waals surface area contributed by atoms with Crippen LogP contribution in [0.15, 0.2) is 22.7 Å². The van der Waals surface area contributed by atoms with Crippen molar-refractivity contribution >= 4 is 21.8 Å². The summed E-state index contributed by atoms with van der Waals surface area (Å²) >= 11 is 3.58. The Bertz CT molecular complexity index is 684. The van der Waals surface area contributed by atoms with Crippen molar-refractivity contribution in [2.75, 3.05) is 19.7 Å². The van der Waals surface area contributed by atoms with E-state index in [4.69, 9.17) is 10.00 Å². The molecule has 6 heteroatoms. The predicted octanol–water partition coefficient (Wildman–Crippen LogP) is 2.97. The second-order valence-electron chi connectivity index (χ2n) is 7.04. The molecule has 0 radical (unpaired) electrons. The number of rotatable bonds is 3. The highest BCUT2D eigenvalue weighted by molar-refractivity contribution is 9.10. The van der Waals surface area contributed by atoms with Crippen LogP contribution in [-0.4, -0.2) is 42.1 Å². The van der Waals surface area contributed by atoms with Gasteiger partial charge in [-0.3, -0.25) is 9.69 Å². The number of hydrogen-bond acceptors (Lipinski definition) is 4. The van der Waals surface area contributed by atoms with Crippen molar-refractivity contribution in [2.45, 2.75) is 50.8 Å². The number of morpholine rings is 1. The van der Waals surface area contributed by atoms with Crippen LogP contribution in [0, 0.1) is 11.3 Å². The van der Waals surface area contributed by atoms with Gasteiger partial charge >= 0.3 is 0 Å². The standard InChI is InChI=1S/C19H24BrN3O2/c1-14(24)22-18-4-2-3-7-19(18)13-23(8-9-25-19)12-16-6-5-15(11-21)10-17(16)20/h5-6,10,18H,2-4,7-9,12-13H2,1H3,(H,22,24)/t18-,19-/m0/s1. The molecule has 1 spiro atoms. The number of amides is 1. The van der Waals surface area contributed by atoms with E-state index in [9.17, 15) is 4.79 Å². The van der Waals surface area contributed by atoms with Gasteiger partial charge in [0.2, 0.25) is 5.91 Å². The van der Waals surface area contributed by atoms with Gasteiger partial charge in [0.25, 0.3) is 0 Å². The van der Waals surface area contributed by atoms with Crippen molar-refractivity contribution in [3.05, 3.63) is 33.8 Å². The summed E-state index contributed by atoms with van der Waals surface area (Å²) in [7, 11) is 0. The van der Waals surface area contributed by atoms with E-state index in [0.717, 1.165) is 49.8 Å². The Morgan fingerprint density at radius 1 is 1.52 bits per heavy atom. The summed E-state index contributed by atoms with van der Waals surface area (Å²) in [6.45, 7) is 4.77. The Hall–Kier alpha value is -1.42. The highest BCUT2D eigenvalue weighted by Gasteiger charge is 2.45. The lowest BCUT2D eigenvalue weighted by Crippen LogP contribution is -2.63. The SMILES string of the molecule is CC(=O)N[C@H]1CCCC[C@]12CN(Cc1ccc(C#N)cc1Br)CCO2. The zero-order chi connectivity index (χ0) is 17.9. The van der Waals surface area contributed by atoms with Crippen LogP contribution in [0.1, 0.15) is 43.7 Å². The third kappa shape index (κ3) is 4.22. The van der Waals surface area contributed by atoms with Crippen molar-refractivity contribution < 1.29 is 9.53 Å². The van der Waals surface area contributed by atoms with Gasteiger partial charge in [-0.05, 0) is 30.5 Å². The zero-order valence-corrected chi connectivity index (χ0v) is 16.1. The molecule has 1 N–H and O–H groups in total. The van der Waals surface area contributed by atoms with Gasteiger partial charge in [-0.15, -0.1) is 0 Å². The molecule has 3 rings (SSSR count). The first-order valence-electron chi connectivity index (χ1n) is 8.84. The maximum absolute atomic E-state index is 11.6. The van der Waals surface area contributed by atoms with Gasteiger partial charge in [-0.1, -0.05) is 34.8 Å². The second-order valence-corrected chi connectivity index (χ2v) is 7.90. The van der Waals surface area contributed by atoms with Gasteiger partial charge in [0.15, 0.2) is 0 Å². The van der Waals surface area contributed by atoms with E-state index in [-0.39, 0.29) is 17.6 Å². The fourth-order valence-corrected chi connectivity index (χ4v) is 4.53. The minimum absolute atomic E-state index is 0.0156. The topological polar surface area (TPSA) is 65.4 Å². The van der Waals surface area contributed by atoms with E-state index >= 15 is 0 Å². The van der Waals surface area contributed by atoms with Gasteiger partial charge in [0.1, 0.15) is 5.60 Å². The van der Waals surface area contributed by atoms with Gasteiger partial charge in [-0.25, -0.2) is 0 Å². The monoisotopic (exact) mass is 405 g/mol. The molecular formula is C19H24BrN3O2. The van der Waals surface area contributed by atoms with Crippen molar-refractivity contribution in [1.29, 1.82) is 5.26 Å². The van der Waals surface area contributed by atoms with Crippen molar-refractivity contribution in [2.24, 2.45) is 0 Å². The Labute approximate surface area is 157 Å². The first-order valence-corrected chi connectivity index (χ1v) is 9.64. The van der Waals surface area contributed by atoms with E-state index in [2.05, 4.69) is 32.2 Å². The lowest BCUT2D eigenvalue weighted by atomic mass is 9.78. The number of nitrogens with one attached hydrogen (secondary N) is 1. The average Bonchev–Trinajstić information content (AvgIpc) is 2.59. The molecule has 1 heterocycles. The summed E-state index contributed by atoms with van der Waals surface area (Å²) in [4.78, 5) is 14.0. The van der Waals surface area contributed by atoms with Gasteiger partial charge in [0, 0.05) is 31.0 Å². The Morgan fingerprint density at radius 2 is 2.36 bits per heavy atom. The number of ether oxygens (including phenoxy) is 1. The minimum atomic E-state index is -0.277. The predicted molar refractivity (Wildman–Crippen MR) is 98.9 cm³/mol. The molecule has 1 amide bonds. The van der Waals surface area contributed by atoms with Crippen molar-refractivity contribution in [1.82, 2.24) is 10.2 Å². The van der Waals surface area contributed by atoms with Crippen molar-refractivity contribution in [3.63, 3.8) is 0 Å². The third-order valence-corrected chi connectivity index (χ3v) is 5.96. The van der Waals surface area contributed by atoms with Crippen LogP contribution in [0.3, 0.4) is 0 Å². The van der Waals surface area contributed by atoms with Crippen molar-refractivity contribution in [3.8, 4) is 6.07 Å². The molecule has 1 aliphatic heterocycles. The van der Waals surface area contributed by atoms with Crippen LogP contribution < -0.4 is 5.32 Å². The van der Waals surface area contributed by atoms with Crippen LogP contribution >= 0.6 is 15.9 Å². The molecule has 1 saturated heterocycles. The highest BCUT2D eigenvalue weighted by atomic mass is 79.9. The number of halogens is 1. The average molecular weight is 406 g/mol. The molecular weight excluding hydrogens is 382 g/mol. The summed E-state index contributed by atoms with van der Waals surface area (Å²) in [5.74, 6) is 0.0156.